The van der Waals surface area contributed by atoms with Crippen molar-refractivity contribution in [3.05, 3.63) is 35.4 Å². The maximum absolute atomic E-state index is 11.1. The Labute approximate surface area is 84.0 Å². The van der Waals surface area contributed by atoms with Crippen molar-refractivity contribution in [2.75, 3.05) is 14.1 Å². The second kappa shape index (κ2) is 4.24. The van der Waals surface area contributed by atoms with Crippen LogP contribution in [-0.4, -0.2) is 30.1 Å². The third-order valence-electron chi connectivity index (χ3n) is 2.23. The fraction of sp³-hybridized carbons (Fsp3) is 0.364. The van der Waals surface area contributed by atoms with E-state index in [9.17, 15) is 4.79 Å². The molecule has 0 saturated carbocycles. The zero-order valence-corrected chi connectivity index (χ0v) is 8.69. The number of aliphatic carboxylic acids is 1. The Balaban J connectivity index is 3.12. The van der Waals surface area contributed by atoms with E-state index in [1.165, 1.54) is 0 Å². The number of hydrogen-bond donors (Lipinski definition) is 1. The van der Waals surface area contributed by atoms with Crippen molar-refractivity contribution in [1.82, 2.24) is 4.90 Å². The van der Waals surface area contributed by atoms with Gasteiger partial charge in [-0.25, -0.2) is 0 Å². The molecule has 76 valence electrons. The van der Waals surface area contributed by atoms with E-state index in [1.807, 2.05) is 31.2 Å². The van der Waals surface area contributed by atoms with Gasteiger partial charge in [0, 0.05) is 0 Å². The van der Waals surface area contributed by atoms with Crippen LogP contribution < -0.4 is 0 Å². The number of likely N-dealkylation sites (N-methyl/N-ethyl adjacent to an activating group) is 1. The Morgan fingerprint density at radius 2 is 1.93 bits per heavy atom. The minimum atomic E-state index is -0.815. The smallest absolute Gasteiger partial charge is 0.325 e. The van der Waals surface area contributed by atoms with Crippen LogP contribution in [0.15, 0.2) is 24.3 Å². The molecular weight excluding hydrogens is 178 g/mol. The second-order valence-electron chi connectivity index (χ2n) is 3.56. The van der Waals surface area contributed by atoms with Crippen LogP contribution in [0.2, 0.25) is 0 Å². The van der Waals surface area contributed by atoms with Crippen LogP contribution in [0.5, 0.6) is 0 Å². The van der Waals surface area contributed by atoms with E-state index in [0.29, 0.717) is 0 Å². The summed E-state index contributed by atoms with van der Waals surface area (Å²) in [7, 11) is 3.54. The first-order valence-electron chi connectivity index (χ1n) is 4.49. The molecule has 0 fully saturated rings. The Morgan fingerprint density at radius 3 is 2.36 bits per heavy atom. The van der Waals surface area contributed by atoms with Gasteiger partial charge in [-0.1, -0.05) is 24.3 Å². The van der Waals surface area contributed by atoms with E-state index >= 15 is 0 Å². The topological polar surface area (TPSA) is 40.5 Å². The van der Waals surface area contributed by atoms with Gasteiger partial charge in [0.15, 0.2) is 0 Å². The molecule has 1 N–H and O–H groups in total. The number of rotatable bonds is 3. The predicted molar refractivity (Wildman–Crippen MR) is 55.2 cm³/mol. The summed E-state index contributed by atoms with van der Waals surface area (Å²) < 4.78 is 0. The van der Waals surface area contributed by atoms with Crippen molar-refractivity contribution < 1.29 is 9.90 Å². The third-order valence-corrected chi connectivity index (χ3v) is 2.23. The number of carboxylic acid groups (broad SMARTS) is 1. The Hall–Kier alpha value is -1.35. The van der Waals surface area contributed by atoms with Crippen LogP contribution in [0, 0.1) is 6.92 Å². The molecule has 0 saturated heterocycles. The maximum Gasteiger partial charge on any atom is 0.325 e. The number of nitrogens with zero attached hydrogens (tertiary/aromatic N) is 1. The summed E-state index contributed by atoms with van der Waals surface area (Å²) in [6.07, 6.45) is 0. The van der Waals surface area contributed by atoms with E-state index in [0.717, 1.165) is 11.1 Å². The summed E-state index contributed by atoms with van der Waals surface area (Å²) >= 11 is 0. The van der Waals surface area contributed by atoms with E-state index in [2.05, 4.69) is 0 Å². The molecular formula is C11H15NO2. The van der Waals surface area contributed by atoms with E-state index in [4.69, 9.17) is 5.11 Å². The van der Waals surface area contributed by atoms with Gasteiger partial charge in [-0.2, -0.15) is 0 Å². The molecule has 0 spiro atoms. The lowest BCUT2D eigenvalue weighted by molar-refractivity contribution is -0.142. The van der Waals surface area contributed by atoms with Gasteiger partial charge in [0.2, 0.25) is 0 Å². The van der Waals surface area contributed by atoms with Gasteiger partial charge in [0.25, 0.3) is 0 Å². The average Bonchev–Trinajstić information content (AvgIpc) is 2.07. The summed E-state index contributed by atoms with van der Waals surface area (Å²) in [5, 5.41) is 9.08. The van der Waals surface area contributed by atoms with Gasteiger partial charge in [-0.15, -0.1) is 0 Å². The molecule has 0 heterocycles. The lowest BCUT2D eigenvalue weighted by atomic mass is 10.0. The van der Waals surface area contributed by atoms with E-state index < -0.39 is 12.0 Å². The van der Waals surface area contributed by atoms with Gasteiger partial charge in [0.1, 0.15) is 6.04 Å². The highest BCUT2D eigenvalue weighted by Gasteiger charge is 2.22. The molecule has 1 atom stereocenters. The van der Waals surface area contributed by atoms with E-state index in [1.54, 1.807) is 19.0 Å². The first-order chi connectivity index (χ1) is 6.54. The normalized spacial score (nSPS) is 12.9. The summed E-state index contributed by atoms with van der Waals surface area (Å²) in [6.45, 7) is 1.93. The van der Waals surface area contributed by atoms with Gasteiger partial charge in [-0.05, 0) is 32.1 Å². The first kappa shape index (κ1) is 10.7. The summed E-state index contributed by atoms with van der Waals surface area (Å²) in [5.41, 5.74) is 1.86. The van der Waals surface area contributed by atoms with Gasteiger partial charge in [0.05, 0.1) is 0 Å². The molecule has 1 rings (SSSR count). The molecule has 1 aromatic rings. The van der Waals surface area contributed by atoms with Crippen LogP contribution in [0.3, 0.4) is 0 Å². The van der Waals surface area contributed by atoms with Crippen molar-refractivity contribution in [3.63, 3.8) is 0 Å². The highest BCUT2D eigenvalue weighted by Crippen LogP contribution is 2.21. The van der Waals surface area contributed by atoms with Crippen molar-refractivity contribution in [1.29, 1.82) is 0 Å². The zero-order valence-electron chi connectivity index (χ0n) is 8.69. The summed E-state index contributed by atoms with van der Waals surface area (Å²) in [6, 6.07) is 6.99. The van der Waals surface area contributed by atoms with Crippen LogP contribution in [0.1, 0.15) is 17.2 Å². The van der Waals surface area contributed by atoms with Crippen molar-refractivity contribution in [3.8, 4) is 0 Å². The predicted octanol–water partition coefficient (Wildman–Crippen LogP) is 1.68. The highest BCUT2D eigenvalue weighted by atomic mass is 16.4. The number of hydrogen-bond acceptors (Lipinski definition) is 2. The second-order valence-corrected chi connectivity index (χ2v) is 3.56. The average molecular weight is 193 g/mol. The largest absolute Gasteiger partial charge is 0.480 e. The van der Waals surface area contributed by atoms with Gasteiger partial charge in [-0.3, -0.25) is 9.69 Å². The fourth-order valence-corrected chi connectivity index (χ4v) is 1.53. The molecule has 3 heteroatoms. The monoisotopic (exact) mass is 193 g/mol. The SMILES string of the molecule is Cc1ccccc1[C@@H](C(=O)O)N(C)C. The van der Waals surface area contributed by atoms with Gasteiger partial charge < -0.3 is 5.11 Å². The molecule has 0 radical (unpaired) electrons. The number of benzene rings is 1. The van der Waals surface area contributed by atoms with E-state index in [-0.39, 0.29) is 0 Å². The van der Waals surface area contributed by atoms with Crippen molar-refractivity contribution in [2.24, 2.45) is 0 Å². The van der Waals surface area contributed by atoms with Crippen LogP contribution >= 0.6 is 0 Å². The minimum absolute atomic E-state index is 0.559. The lowest BCUT2D eigenvalue weighted by Crippen LogP contribution is -2.27. The molecule has 0 amide bonds. The summed E-state index contributed by atoms with van der Waals surface area (Å²) in [5.74, 6) is -0.815. The van der Waals surface area contributed by atoms with Crippen molar-refractivity contribution >= 4 is 5.97 Å². The third kappa shape index (κ3) is 2.12. The highest BCUT2D eigenvalue weighted by molar-refractivity contribution is 5.76. The Bertz CT molecular complexity index is 334. The van der Waals surface area contributed by atoms with Crippen LogP contribution in [0.4, 0.5) is 0 Å². The zero-order chi connectivity index (χ0) is 10.7. The molecule has 0 bridgehead atoms. The molecule has 3 nitrogen and oxygen atoms in total. The van der Waals surface area contributed by atoms with Crippen LogP contribution in [0.25, 0.3) is 0 Å². The molecule has 0 aliphatic carbocycles. The molecule has 14 heavy (non-hydrogen) atoms. The fourth-order valence-electron chi connectivity index (χ4n) is 1.53. The number of aryl methyl sites for hydroxylation is 1. The number of carboxylic acids is 1. The van der Waals surface area contributed by atoms with Crippen LogP contribution in [-0.2, 0) is 4.79 Å². The molecule has 0 unspecified atom stereocenters. The quantitative estimate of drug-likeness (QED) is 0.794. The molecule has 0 aliphatic heterocycles. The molecule has 1 aromatic carbocycles. The summed E-state index contributed by atoms with van der Waals surface area (Å²) in [4.78, 5) is 12.8. The Morgan fingerprint density at radius 1 is 1.36 bits per heavy atom. The number of carbonyl (C=O) groups is 1. The maximum atomic E-state index is 11.1. The molecule has 0 aliphatic rings. The Kier molecular flexibility index (Phi) is 3.25. The lowest BCUT2D eigenvalue weighted by Gasteiger charge is -2.21. The first-order valence-corrected chi connectivity index (χ1v) is 4.49. The molecule has 0 aromatic heterocycles. The van der Waals surface area contributed by atoms with Crippen molar-refractivity contribution in [2.45, 2.75) is 13.0 Å². The minimum Gasteiger partial charge on any atom is -0.480 e. The van der Waals surface area contributed by atoms with Gasteiger partial charge >= 0.3 is 5.97 Å². The standard InChI is InChI=1S/C11H15NO2/c1-8-6-4-5-7-9(8)10(11(13)14)12(2)3/h4-7,10H,1-3H3,(H,13,14)/t10-/m0/s1.